The Balaban J connectivity index is 1.83. The molecule has 0 bridgehead atoms. The summed E-state index contributed by atoms with van der Waals surface area (Å²) in [6.45, 7) is 0.455. The van der Waals surface area contributed by atoms with E-state index in [1.165, 1.54) is 6.07 Å². The van der Waals surface area contributed by atoms with Gasteiger partial charge in [-0.25, -0.2) is 4.39 Å². The second-order valence-electron chi connectivity index (χ2n) is 5.39. The molecule has 1 aromatic heterocycles. The van der Waals surface area contributed by atoms with Gasteiger partial charge in [-0.1, -0.05) is 18.2 Å². The van der Waals surface area contributed by atoms with Gasteiger partial charge < -0.3 is 9.73 Å². The van der Waals surface area contributed by atoms with E-state index in [0.29, 0.717) is 18.5 Å². The largest absolute Gasteiger partial charge is 0.468 e. The third kappa shape index (κ3) is 4.43. The number of halogens is 1. The van der Waals surface area contributed by atoms with Gasteiger partial charge in [0.15, 0.2) is 0 Å². The highest BCUT2D eigenvalue weighted by atomic mass is 19.1. The molecule has 0 aliphatic carbocycles. The fourth-order valence-corrected chi connectivity index (χ4v) is 2.27. The van der Waals surface area contributed by atoms with Crippen molar-refractivity contribution in [3.05, 3.63) is 59.8 Å². The predicted molar refractivity (Wildman–Crippen MR) is 82.9 cm³/mol. The second-order valence-corrected chi connectivity index (χ2v) is 5.39. The van der Waals surface area contributed by atoms with E-state index in [2.05, 4.69) is 5.32 Å². The van der Waals surface area contributed by atoms with Crippen LogP contribution in [0.1, 0.15) is 23.8 Å². The van der Waals surface area contributed by atoms with Gasteiger partial charge in [0, 0.05) is 13.0 Å². The molecule has 1 unspecified atom stereocenters. The van der Waals surface area contributed by atoms with E-state index in [-0.39, 0.29) is 24.2 Å². The molecule has 1 heterocycles. The monoisotopic (exact) mass is 304 g/mol. The summed E-state index contributed by atoms with van der Waals surface area (Å²) in [7, 11) is 3.86. The molecule has 0 saturated carbocycles. The molecule has 5 heteroatoms. The van der Waals surface area contributed by atoms with Crippen LogP contribution >= 0.6 is 0 Å². The van der Waals surface area contributed by atoms with Crippen molar-refractivity contribution in [3.63, 3.8) is 0 Å². The maximum atomic E-state index is 13.5. The zero-order chi connectivity index (χ0) is 15.9. The van der Waals surface area contributed by atoms with Gasteiger partial charge in [0.2, 0.25) is 5.91 Å². The molecule has 0 aliphatic rings. The number of hydrogen-bond acceptors (Lipinski definition) is 3. The lowest BCUT2D eigenvalue weighted by molar-refractivity contribution is -0.121. The van der Waals surface area contributed by atoms with Crippen LogP contribution in [0.4, 0.5) is 4.39 Å². The Morgan fingerprint density at radius 3 is 2.68 bits per heavy atom. The standard InChI is InChI=1S/C17H21FN2O2/c1-20(2)15(16-8-5-11-22-16)12-19-17(21)10-9-13-6-3-4-7-14(13)18/h3-8,11,15H,9-10,12H2,1-2H3,(H,19,21). The van der Waals surface area contributed by atoms with E-state index in [9.17, 15) is 9.18 Å². The van der Waals surface area contributed by atoms with Crippen LogP contribution in [-0.4, -0.2) is 31.4 Å². The Kier molecular flexibility index (Phi) is 5.72. The van der Waals surface area contributed by atoms with Crippen molar-refractivity contribution >= 4 is 5.91 Å². The first-order chi connectivity index (χ1) is 10.6. The normalized spacial score (nSPS) is 12.4. The van der Waals surface area contributed by atoms with Crippen LogP contribution in [0.3, 0.4) is 0 Å². The molecule has 2 rings (SSSR count). The topological polar surface area (TPSA) is 45.5 Å². The molecule has 1 atom stereocenters. The van der Waals surface area contributed by atoms with Crippen molar-refractivity contribution in [2.24, 2.45) is 0 Å². The van der Waals surface area contributed by atoms with Crippen molar-refractivity contribution < 1.29 is 13.6 Å². The first kappa shape index (κ1) is 16.2. The Morgan fingerprint density at radius 1 is 1.27 bits per heavy atom. The van der Waals surface area contributed by atoms with Gasteiger partial charge in [0.1, 0.15) is 11.6 Å². The SMILES string of the molecule is CN(C)C(CNC(=O)CCc1ccccc1F)c1ccco1. The molecular formula is C17H21FN2O2. The van der Waals surface area contributed by atoms with Gasteiger partial charge in [0.05, 0.1) is 12.3 Å². The summed E-state index contributed by atoms with van der Waals surface area (Å²) < 4.78 is 18.9. The minimum atomic E-state index is -0.267. The number of likely N-dealkylation sites (N-methyl/N-ethyl adjacent to an activating group) is 1. The average molecular weight is 304 g/mol. The van der Waals surface area contributed by atoms with Gasteiger partial charge >= 0.3 is 0 Å². The van der Waals surface area contributed by atoms with E-state index in [4.69, 9.17) is 4.42 Å². The zero-order valence-corrected chi connectivity index (χ0v) is 12.9. The van der Waals surface area contributed by atoms with Gasteiger partial charge in [0.25, 0.3) is 0 Å². The maximum Gasteiger partial charge on any atom is 0.220 e. The summed E-state index contributed by atoms with van der Waals surface area (Å²) in [6.07, 6.45) is 2.27. The molecule has 22 heavy (non-hydrogen) atoms. The highest BCUT2D eigenvalue weighted by molar-refractivity contribution is 5.76. The minimum Gasteiger partial charge on any atom is -0.468 e. The molecule has 0 radical (unpaired) electrons. The molecular weight excluding hydrogens is 283 g/mol. The van der Waals surface area contributed by atoms with Crippen molar-refractivity contribution in [2.45, 2.75) is 18.9 Å². The summed E-state index contributed by atoms with van der Waals surface area (Å²) in [5, 5.41) is 2.88. The molecule has 2 aromatic rings. The van der Waals surface area contributed by atoms with Crippen LogP contribution in [-0.2, 0) is 11.2 Å². The van der Waals surface area contributed by atoms with Gasteiger partial charge in [-0.3, -0.25) is 9.69 Å². The fourth-order valence-electron chi connectivity index (χ4n) is 2.27. The first-order valence-electron chi connectivity index (χ1n) is 7.28. The lowest BCUT2D eigenvalue weighted by Crippen LogP contribution is -2.34. The molecule has 1 amide bonds. The molecule has 0 saturated heterocycles. The number of hydrogen-bond donors (Lipinski definition) is 1. The number of nitrogens with one attached hydrogen (secondary N) is 1. The van der Waals surface area contributed by atoms with E-state index >= 15 is 0 Å². The van der Waals surface area contributed by atoms with E-state index in [0.717, 1.165) is 5.76 Å². The molecule has 0 aliphatic heterocycles. The summed E-state index contributed by atoms with van der Waals surface area (Å²) in [6, 6.07) is 10.2. The summed E-state index contributed by atoms with van der Waals surface area (Å²) in [4.78, 5) is 13.9. The molecule has 4 nitrogen and oxygen atoms in total. The Morgan fingerprint density at radius 2 is 2.05 bits per heavy atom. The Hall–Kier alpha value is -2.14. The van der Waals surface area contributed by atoms with Crippen LogP contribution in [0.5, 0.6) is 0 Å². The van der Waals surface area contributed by atoms with Crippen LogP contribution in [0.15, 0.2) is 47.1 Å². The number of carbonyl (C=O) groups excluding carboxylic acids is 1. The highest BCUT2D eigenvalue weighted by Gasteiger charge is 2.17. The number of carbonyl (C=O) groups is 1. The Labute approximate surface area is 129 Å². The van der Waals surface area contributed by atoms with Crippen LogP contribution in [0.2, 0.25) is 0 Å². The third-order valence-electron chi connectivity index (χ3n) is 3.57. The molecule has 0 spiro atoms. The summed E-state index contributed by atoms with van der Waals surface area (Å²) in [5.74, 6) is 0.443. The van der Waals surface area contributed by atoms with Crippen LogP contribution in [0, 0.1) is 5.82 Å². The smallest absolute Gasteiger partial charge is 0.220 e. The predicted octanol–water partition coefficient (Wildman–Crippen LogP) is 2.77. The van der Waals surface area contributed by atoms with Gasteiger partial charge in [-0.2, -0.15) is 0 Å². The molecule has 0 fully saturated rings. The average Bonchev–Trinajstić information content (AvgIpc) is 3.00. The van der Waals surface area contributed by atoms with Crippen molar-refractivity contribution in [2.75, 3.05) is 20.6 Å². The first-order valence-corrected chi connectivity index (χ1v) is 7.28. The van der Waals surface area contributed by atoms with Crippen molar-refractivity contribution in [3.8, 4) is 0 Å². The second kappa shape index (κ2) is 7.75. The fraction of sp³-hybridized carbons (Fsp3) is 0.353. The number of benzene rings is 1. The number of nitrogens with zero attached hydrogens (tertiary/aromatic N) is 1. The van der Waals surface area contributed by atoms with Gasteiger partial charge in [-0.05, 0) is 44.3 Å². The third-order valence-corrected chi connectivity index (χ3v) is 3.57. The van der Waals surface area contributed by atoms with Crippen LogP contribution < -0.4 is 5.32 Å². The van der Waals surface area contributed by atoms with Crippen molar-refractivity contribution in [1.82, 2.24) is 10.2 Å². The highest BCUT2D eigenvalue weighted by Crippen LogP contribution is 2.17. The lowest BCUT2D eigenvalue weighted by Gasteiger charge is -2.22. The molecule has 1 N–H and O–H groups in total. The van der Waals surface area contributed by atoms with Crippen molar-refractivity contribution in [1.29, 1.82) is 0 Å². The number of amides is 1. The quantitative estimate of drug-likeness (QED) is 0.855. The summed E-state index contributed by atoms with van der Waals surface area (Å²) >= 11 is 0. The summed E-state index contributed by atoms with van der Waals surface area (Å²) in [5.41, 5.74) is 0.563. The van der Waals surface area contributed by atoms with E-state index in [1.54, 1.807) is 24.5 Å². The zero-order valence-electron chi connectivity index (χ0n) is 12.9. The lowest BCUT2D eigenvalue weighted by atomic mass is 10.1. The Bertz CT molecular complexity index is 596. The molecule has 1 aromatic carbocycles. The molecule has 118 valence electrons. The van der Waals surface area contributed by atoms with E-state index < -0.39 is 0 Å². The minimum absolute atomic E-state index is 0.0209. The number of furan rings is 1. The van der Waals surface area contributed by atoms with Crippen LogP contribution in [0.25, 0.3) is 0 Å². The van der Waals surface area contributed by atoms with Gasteiger partial charge in [-0.15, -0.1) is 0 Å². The number of aryl methyl sites for hydroxylation is 1. The van der Waals surface area contributed by atoms with E-state index in [1.807, 2.05) is 31.1 Å². The number of rotatable bonds is 7. The maximum absolute atomic E-state index is 13.5.